The lowest BCUT2D eigenvalue weighted by atomic mass is 9.96. The predicted octanol–water partition coefficient (Wildman–Crippen LogP) is 2.47. The second-order valence-corrected chi connectivity index (χ2v) is 5.43. The van der Waals surface area contributed by atoms with Crippen LogP contribution < -0.4 is 5.32 Å². The number of aromatic nitrogens is 4. The third-order valence-electron chi connectivity index (χ3n) is 3.88. The molecular weight excluding hydrogens is 302 g/mol. The first-order valence-corrected chi connectivity index (χ1v) is 7.95. The number of tetrazole rings is 1. The van der Waals surface area contributed by atoms with Crippen LogP contribution in [0.1, 0.15) is 30.7 Å². The lowest BCUT2D eigenvalue weighted by Crippen LogP contribution is -2.29. The molecule has 1 atom stereocenters. The van der Waals surface area contributed by atoms with E-state index in [1.807, 2.05) is 67.6 Å². The molecule has 0 bridgehead atoms. The van der Waals surface area contributed by atoms with Gasteiger partial charge in [-0.1, -0.05) is 55.5 Å². The zero-order valence-corrected chi connectivity index (χ0v) is 13.5. The van der Waals surface area contributed by atoms with Crippen molar-refractivity contribution in [3.05, 3.63) is 72.1 Å². The van der Waals surface area contributed by atoms with E-state index in [0.29, 0.717) is 5.82 Å². The van der Waals surface area contributed by atoms with Crippen LogP contribution in [-0.2, 0) is 11.3 Å². The molecule has 1 N–H and O–H groups in total. The Bertz CT molecular complexity index is 785. The van der Waals surface area contributed by atoms with E-state index >= 15 is 0 Å². The molecule has 1 heterocycles. The van der Waals surface area contributed by atoms with Gasteiger partial charge >= 0.3 is 0 Å². The maximum Gasteiger partial charge on any atom is 0.227 e. The molecule has 0 aliphatic rings. The van der Waals surface area contributed by atoms with E-state index in [1.54, 1.807) is 4.68 Å². The Hall–Kier alpha value is -3.02. The molecule has 2 aromatic carbocycles. The van der Waals surface area contributed by atoms with Crippen LogP contribution in [0.25, 0.3) is 5.69 Å². The fourth-order valence-electron chi connectivity index (χ4n) is 2.63. The Morgan fingerprint density at radius 1 is 1.08 bits per heavy atom. The topological polar surface area (TPSA) is 72.7 Å². The minimum Gasteiger partial charge on any atom is -0.348 e. The summed E-state index contributed by atoms with van der Waals surface area (Å²) in [5.74, 6) is 0.399. The number of amides is 1. The summed E-state index contributed by atoms with van der Waals surface area (Å²) >= 11 is 0. The quantitative estimate of drug-likeness (QED) is 0.757. The number of carbonyl (C=O) groups is 1. The highest BCUT2D eigenvalue weighted by atomic mass is 16.1. The average molecular weight is 321 g/mol. The first kappa shape index (κ1) is 15.9. The molecule has 0 saturated carbocycles. The minimum atomic E-state index is -0.174. The minimum absolute atomic E-state index is 0.0219. The van der Waals surface area contributed by atoms with E-state index in [-0.39, 0.29) is 18.4 Å². The molecule has 3 aromatic rings. The van der Waals surface area contributed by atoms with Crippen molar-refractivity contribution in [1.29, 1.82) is 0 Å². The Morgan fingerprint density at radius 2 is 1.75 bits per heavy atom. The molecule has 0 aliphatic carbocycles. The molecule has 0 fully saturated rings. The van der Waals surface area contributed by atoms with Crippen LogP contribution in [0.15, 0.2) is 60.7 Å². The van der Waals surface area contributed by atoms with E-state index in [4.69, 9.17) is 0 Å². The zero-order chi connectivity index (χ0) is 16.8. The molecule has 6 nitrogen and oxygen atoms in total. The van der Waals surface area contributed by atoms with Crippen LogP contribution in [-0.4, -0.2) is 26.1 Å². The van der Waals surface area contributed by atoms with Gasteiger partial charge in [-0.3, -0.25) is 4.79 Å². The van der Waals surface area contributed by atoms with Crippen LogP contribution in [0.4, 0.5) is 0 Å². The van der Waals surface area contributed by atoms with Gasteiger partial charge in [0.2, 0.25) is 5.91 Å². The number of rotatable bonds is 6. The van der Waals surface area contributed by atoms with E-state index < -0.39 is 0 Å². The van der Waals surface area contributed by atoms with E-state index in [9.17, 15) is 4.79 Å². The summed E-state index contributed by atoms with van der Waals surface area (Å²) < 4.78 is 1.63. The number of benzene rings is 2. The van der Waals surface area contributed by atoms with Crippen LogP contribution in [0.3, 0.4) is 0 Å². The standard InChI is InChI=1S/C18H19N5O/c1-2-16(14-9-5-3-6-10-14)18(24)19-13-17-20-21-22-23(17)15-11-7-4-8-12-15/h3-12,16H,2,13H2,1H3,(H,19,24)/t16-/m1/s1. The largest absolute Gasteiger partial charge is 0.348 e. The third kappa shape index (κ3) is 3.48. The monoisotopic (exact) mass is 321 g/mol. The Morgan fingerprint density at radius 3 is 2.42 bits per heavy atom. The van der Waals surface area contributed by atoms with Crippen molar-refractivity contribution in [2.75, 3.05) is 0 Å². The van der Waals surface area contributed by atoms with Crippen molar-refractivity contribution < 1.29 is 4.79 Å². The highest BCUT2D eigenvalue weighted by Gasteiger charge is 2.19. The van der Waals surface area contributed by atoms with Gasteiger partial charge in [0.15, 0.2) is 5.82 Å². The van der Waals surface area contributed by atoms with Crippen molar-refractivity contribution in [3.63, 3.8) is 0 Å². The van der Waals surface area contributed by atoms with Crippen LogP contribution in [0.2, 0.25) is 0 Å². The van der Waals surface area contributed by atoms with Crippen molar-refractivity contribution in [1.82, 2.24) is 25.5 Å². The summed E-state index contributed by atoms with van der Waals surface area (Å²) in [5.41, 5.74) is 1.88. The Balaban J connectivity index is 1.70. The number of carbonyl (C=O) groups excluding carboxylic acids is 1. The molecule has 122 valence electrons. The molecule has 0 radical (unpaired) electrons. The fourth-order valence-corrected chi connectivity index (χ4v) is 2.63. The highest BCUT2D eigenvalue weighted by molar-refractivity contribution is 5.83. The van der Waals surface area contributed by atoms with Gasteiger partial charge in [0.1, 0.15) is 0 Å². The van der Waals surface area contributed by atoms with Gasteiger partial charge in [0.25, 0.3) is 0 Å². The van der Waals surface area contributed by atoms with Gasteiger partial charge in [-0.25, -0.2) is 0 Å². The fraction of sp³-hybridized carbons (Fsp3) is 0.222. The van der Waals surface area contributed by atoms with Gasteiger partial charge in [-0.2, -0.15) is 4.68 Å². The van der Waals surface area contributed by atoms with Gasteiger partial charge in [0, 0.05) is 0 Å². The maximum absolute atomic E-state index is 12.5. The van der Waals surface area contributed by atoms with Gasteiger partial charge in [-0.05, 0) is 34.5 Å². The SMILES string of the molecule is CC[C@@H](C(=O)NCc1nnnn1-c1ccccc1)c1ccccc1. The number of nitrogens with one attached hydrogen (secondary N) is 1. The number of hydrogen-bond donors (Lipinski definition) is 1. The Kier molecular flexibility index (Phi) is 4.96. The molecule has 24 heavy (non-hydrogen) atoms. The lowest BCUT2D eigenvalue weighted by Gasteiger charge is -2.15. The molecule has 6 heteroatoms. The second kappa shape index (κ2) is 7.50. The normalized spacial score (nSPS) is 11.9. The first-order chi connectivity index (χ1) is 11.8. The first-order valence-electron chi connectivity index (χ1n) is 7.95. The highest BCUT2D eigenvalue weighted by Crippen LogP contribution is 2.19. The average Bonchev–Trinajstić information content (AvgIpc) is 3.11. The molecule has 0 saturated heterocycles. The summed E-state index contributed by atoms with van der Waals surface area (Å²) in [4.78, 5) is 12.5. The van der Waals surface area contributed by atoms with E-state index in [1.165, 1.54) is 0 Å². The molecular formula is C18H19N5O. The van der Waals surface area contributed by atoms with Crippen LogP contribution >= 0.6 is 0 Å². The summed E-state index contributed by atoms with van der Waals surface area (Å²) in [6.45, 7) is 2.29. The van der Waals surface area contributed by atoms with Gasteiger partial charge in [0.05, 0.1) is 18.2 Å². The summed E-state index contributed by atoms with van der Waals surface area (Å²) in [6, 6.07) is 19.4. The molecule has 3 rings (SSSR count). The molecule has 0 aliphatic heterocycles. The Labute approximate surface area is 140 Å². The van der Waals surface area contributed by atoms with Crippen LogP contribution in [0.5, 0.6) is 0 Å². The van der Waals surface area contributed by atoms with Crippen LogP contribution in [0, 0.1) is 0 Å². The van der Waals surface area contributed by atoms with E-state index in [0.717, 1.165) is 17.7 Å². The molecule has 0 unspecified atom stereocenters. The zero-order valence-electron chi connectivity index (χ0n) is 13.5. The lowest BCUT2D eigenvalue weighted by molar-refractivity contribution is -0.122. The number of hydrogen-bond acceptors (Lipinski definition) is 4. The summed E-state index contributed by atoms with van der Waals surface area (Å²) in [6.07, 6.45) is 0.736. The van der Waals surface area contributed by atoms with Gasteiger partial charge < -0.3 is 5.32 Å². The van der Waals surface area contributed by atoms with Crippen molar-refractivity contribution in [2.45, 2.75) is 25.8 Å². The second-order valence-electron chi connectivity index (χ2n) is 5.43. The smallest absolute Gasteiger partial charge is 0.227 e. The predicted molar refractivity (Wildman–Crippen MR) is 90.5 cm³/mol. The molecule has 0 spiro atoms. The molecule has 1 aromatic heterocycles. The van der Waals surface area contributed by atoms with Crippen molar-refractivity contribution >= 4 is 5.91 Å². The molecule has 1 amide bonds. The third-order valence-corrected chi connectivity index (χ3v) is 3.88. The summed E-state index contributed by atoms with van der Waals surface area (Å²) in [5, 5.41) is 14.7. The van der Waals surface area contributed by atoms with Crippen molar-refractivity contribution in [2.24, 2.45) is 0 Å². The van der Waals surface area contributed by atoms with E-state index in [2.05, 4.69) is 20.8 Å². The maximum atomic E-state index is 12.5. The van der Waals surface area contributed by atoms with Crippen molar-refractivity contribution in [3.8, 4) is 5.69 Å². The summed E-state index contributed by atoms with van der Waals surface area (Å²) in [7, 11) is 0. The number of nitrogens with zero attached hydrogens (tertiary/aromatic N) is 4. The number of para-hydroxylation sites is 1. The van der Waals surface area contributed by atoms with Gasteiger partial charge in [-0.15, -0.1) is 5.10 Å².